The zero-order valence-corrected chi connectivity index (χ0v) is 32.0. The van der Waals surface area contributed by atoms with E-state index in [2.05, 4.69) is 229 Å². The van der Waals surface area contributed by atoms with E-state index in [4.69, 9.17) is 0 Å². The summed E-state index contributed by atoms with van der Waals surface area (Å²) in [5.41, 5.74) is 15.6. The molecule has 0 fully saturated rings. The minimum Gasteiger partial charge on any atom is -0.310 e. The Morgan fingerprint density at radius 2 is 0.842 bits per heavy atom. The molecule has 0 N–H and O–H groups in total. The predicted octanol–water partition coefficient (Wildman–Crippen LogP) is 15.2. The highest BCUT2D eigenvalue weighted by molar-refractivity contribution is 7.25. The van der Waals surface area contributed by atoms with Crippen LogP contribution in [0.4, 0.5) is 17.1 Å². The van der Waals surface area contributed by atoms with E-state index in [0.29, 0.717) is 0 Å². The molecular weight excluding hydrogens is 707 g/mol. The maximum Gasteiger partial charge on any atom is 0.0720 e. The minimum atomic E-state index is -0.468. The molecule has 1 heterocycles. The van der Waals surface area contributed by atoms with Crippen LogP contribution in [-0.4, -0.2) is 0 Å². The van der Waals surface area contributed by atoms with Crippen LogP contribution in [-0.2, 0) is 5.41 Å². The number of fused-ring (bicyclic) bond motifs is 6. The summed E-state index contributed by atoms with van der Waals surface area (Å²) in [5.74, 6) is 0. The van der Waals surface area contributed by atoms with Crippen LogP contribution >= 0.6 is 11.3 Å². The van der Waals surface area contributed by atoms with Crippen molar-refractivity contribution in [2.24, 2.45) is 0 Å². The Kier molecular flexibility index (Phi) is 7.98. The van der Waals surface area contributed by atoms with Crippen molar-refractivity contribution in [2.75, 3.05) is 4.90 Å². The quantitative estimate of drug-likeness (QED) is 0.157. The highest BCUT2D eigenvalue weighted by atomic mass is 32.1. The molecule has 0 atom stereocenters. The van der Waals surface area contributed by atoms with Gasteiger partial charge in [0.05, 0.1) is 5.41 Å². The lowest BCUT2D eigenvalue weighted by Crippen LogP contribution is -2.28. The number of benzene rings is 9. The largest absolute Gasteiger partial charge is 0.310 e. The van der Waals surface area contributed by atoms with Crippen LogP contribution in [0.3, 0.4) is 0 Å². The molecule has 0 saturated carbocycles. The van der Waals surface area contributed by atoms with Crippen molar-refractivity contribution < 1.29 is 0 Å². The van der Waals surface area contributed by atoms with Gasteiger partial charge in [0.25, 0.3) is 0 Å². The molecule has 1 aliphatic rings. The van der Waals surface area contributed by atoms with Crippen LogP contribution < -0.4 is 4.90 Å². The molecule has 1 aromatic heterocycles. The molecule has 0 saturated heterocycles. The first-order chi connectivity index (χ1) is 28.3. The Hall–Kier alpha value is -7.00. The molecule has 0 unspecified atom stereocenters. The molecule has 57 heavy (non-hydrogen) atoms. The predicted molar refractivity (Wildman–Crippen MR) is 242 cm³/mol. The standard InChI is InChI=1S/C55H37NS/c1-4-16-38(17-5-1)39-30-33-44(34-31-39)56(43-21-8-3-9-22-43)45-23-14-18-40(36-45)41-32-35-52-48(37-41)54-51(28-15-29-53(54)57-52)55(42-19-6-2-7-20-42)49-26-12-10-24-46(49)47-25-11-13-27-50(47)55/h1-37H. The van der Waals surface area contributed by atoms with Crippen molar-refractivity contribution in [3.8, 4) is 33.4 Å². The van der Waals surface area contributed by atoms with E-state index >= 15 is 0 Å². The number of rotatable bonds is 7. The van der Waals surface area contributed by atoms with Gasteiger partial charge in [-0.05, 0) is 110 Å². The molecule has 0 amide bonds. The minimum absolute atomic E-state index is 0.468. The van der Waals surface area contributed by atoms with Crippen molar-refractivity contribution in [3.63, 3.8) is 0 Å². The molecule has 9 aromatic carbocycles. The first-order valence-corrected chi connectivity index (χ1v) is 20.4. The molecule has 1 aliphatic carbocycles. The normalized spacial score (nSPS) is 12.7. The van der Waals surface area contributed by atoms with E-state index in [9.17, 15) is 0 Å². The smallest absolute Gasteiger partial charge is 0.0720 e. The van der Waals surface area contributed by atoms with Gasteiger partial charge in [-0.3, -0.25) is 0 Å². The second-order valence-corrected chi connectivity index (χ2v) is 15.9. The number of nitrogens with zero attached hydrogens (tertiary/aromatic N) is 1. The Balaban J connectivity index is 1.08. The topological polar surface area (TPSA) is 3.24 Å². The summed E-state index contributed by atoms with van der Waals surface area (Å²) in [4.78, 5) is 2.35. The maximum absolute atomic E-state index is 2.43. The monoisotopic (exact) mass is 743 g/mol. The Bertz CT molecular complexity index is 3010. The fraction of sp³-hybridized carbons (Fsp3) is 0.0182. The second-order valence-electron chi connectivity index (χ2n) is 14.8. The first kappa shape index (κ1) is 33.3. The van der Waals surface area contributed by atoms with Crippen LogP contribution in [0.1, 0.15) is 22.3 Å². The molecule has 0 bridgehead atoms. The van der Waals surface area contributed by atoms with Gasteiger partial charge in [-0.15, -0.1) is 11.3 Å². The number of thiophene rings is 1. The highest BCUT2D eigenvalue weighted by Gasteiger charge is 2.46. The van der Waals surface area contributed by atoms with Crippen LogP contribution in [0.2, 0.25) is 0 Å². The molecular formula is C55H37NS. The van der Waals surface area contributed by atoms with Gasteiger partial charge in [-0.1, -0.05) is 170 Å². The molecule has 268 valence electrons. The summed E-state index contributed by atoms with van der Waals surface area (Å²) < 4.78 is 2.60. The summed E-state index contributed by atoms with van der Waals surface area (Å²) in [5, 5.41) is 2.62. The van der Waals surface area contributed by atoms with E-state index in [-0.39, 0.29) is 0 Å². The third-order valence-corrected chi connectivity index (χ3v) is 12.9. The number of para-hydroxylation sites is 1. The van der Waals surface area contributed by atoms with Crippen LogP contribution in [0, 0.1) is 0 Å². The van der Waals surface area contributed by atoms with Crippen LogP contribution in [0.25, 0.3) is 53.6 Å². The van der Waals surface area contributed by atoms with Gasteiger partial charge >= 0.3 is 0 Å². The van der Waals surface area contributed by atoms with Crippen LogP contribution in [0.15, 0.2) is 224 Å². The van der Waals surface area contributed by atoms with Gasteiger partial charge in [0.1, 0.15) is 0 Å². The van der Waals surface area contributed by atoms with Crippen molar-refractivity contribution in [1.29, 1.82) is 0 Å². The summed E-state index contributed by atoms with van der Waals surface area (Å²) in [6.45, 7) is 0. The lowest BCUT2D eigenvalue weighted by atomic mass is 9.66. The van der Waals surface area contributed by atoms with Gasteiger partial charge in [0, 0.05) is 37.2 Å². The lowest BCUT2D eigenvalue weighted by Gasteiger charge is -2.34. The van der Waals surface area contributed by atoms with Gasteiger partial charge in [0.15, 0.2) is 0 Å². The van der Waals surface area contributed by atoms with Gasteiger partial charge in [0.2, 0.25) is 0 Å². The third-order valence-electron chi connectivity index (χ3n) is 11.7. The Morgan fingerprint density at radius 1 is 0.333 bits per heavy atom. The van der Waals surface area contributed by atoms with Gasteiger partial charge in [-0.25, -0.2) is 0 Å². The number of anilines is 3. The second kappa shape index (κ2) is 13.6. The lowest BCUT2D eigenvalue weighted by molar-refractivity contribution is 0.777. The van der Waals surface area contributed by atoms with E-state index in [1.165, 1.54) is 75.8 Å². The average molecular weight is 744 g/mol. The highest BCUT2D eigenvalue weighted by Crippen LogP contribution is 2.58. The third kappa shape index (κ3) is 5.37. The first-order valence-electron chi connectivity index (χ1n) is 19.6. The molecule has 0 radical (unpaired) electrons. The Labute approximate surface area is 337 Å². The summed E-state index contributed by atoms with van der Waals surface area (Å²) in [6, 6.07) is 82.4. The number of hydrogen-bond donors (Lipinski definition) is 0. The van der Waals surface area contributed by atoms with E-state index in [1.807, 2.05) is 11.3 Å². The van der Waals surface area contributed by atoms with Crippen molar-refractivity contribution in [3.05, 3.63) is 247 Å². The zero-order valence-electron chi connectivity index (χ0n) is 31.2. The van der Waals surface area contributed by atoms with Gasteiger partial charge < -0.3 is 4.90 Å². The van der Waals surface area contributed by atoms with E-state index < -0.39 is 5.41 Å². The molecule has 0 aliphatic heterocycles. The summed E-state index contributed by atoms with van der Waals surface area (Å²) in [6.07, 6.45) is 0. The summed E-state index contributed by atoms with van der Waals surface area (Å²) >= 11 is 1.89. The van der Waals surface area contributed by atoms with E-state index in [0.717, 1.165) is 17.1 Å². The SMILES string of the molecule is c1ccc(-c2ccc(N(c3ccccc3)c3cccc(-c4ccc5sc6cccc(C7(c8ccccc8)c8ccccc8-c8ccccc87)c6c5c4)c3)cc2)cc1. The fourth-order valence-electron chi connectivity index (χ4n) is 9.28. The van der Waals surface area contributed by atoms with Crippen LogP contribution in [0.5, 0.6) is 0 Å². The average Bonchev–Trinajstić information content (AvgIpc) is 3.82. The summed E-state index contributed by atoms with van der Waals surface area (Å²) in [7, 11) is 0. The van der Waals surface area contributed by atoms with Gasteiger partial charge in [-0.2, -0.15) is 0 Å². The van der Waals surface area contributed by atoms with Crippen molar-refractivity contribution in [1.82, 2.24) is 0 Å². The van der Waals surface area contributed by atoms with E-state index in [1.54, 1.807) is 0 Å². The fourth-order valence-corrected chi connectivity index (χ4v) is 10.4. The molecule has 1 nitrogen and oxygen atoms in total. The molecule has 0 spiro atoms. The Morgan fingerprint density at radius 3 is 1.56 bits per heavy atom. The maximum atomic E-state index is 2.43. The molecule has 2 heteroatoms. The van der Waals surface area contributed by atoms with Crippen molar-refractivity contribution >= 4 is 48.6 Å². The van der Waals surface area contributed by atoms with Crippen molar-refractivity contribution in [2.45, 2.75) is 5.41 Å². The molecule has 10 aromatic rings. The molecule has 11 rings (SSSR count). The zero-order chi connectivity index (χ0) is 37.8. The number of hydrogen-bond acceptors (Lipinski definition) is 2.